The van der Waals surface area contributed by atoms with Gasteiger partial charge in [0.05, 0.1) is 11.1 Å². The Kier molecular flexibility index (Phi) is 8.45. The molecule has 0 radical (unpaired) electrons. The fraction of sp³-hybridized carbons (Fsp3) is 0. The maximum atomic E-state index is 6.45. The number of benzene rings is 9. The number of anilines is 3. The van der Waals surface area contributed by atoms with Crippen molar-refractivity contribution in [1.82, 2.24) is 4.98 Å². The van der Waals surface area contributed by atoms with Gasteiger partial charge < -0.3 is 13.7 Å². The smallest absolute Gasteiger partial charge is 0.227 e. The molecule has 11 aromatic rings. The van der Waals surface area contributed by atoms with E-state index in [-0.39, 0.29) is 0 Å². The van der Waals surface area contributed by atoms with Crippen LogP contribution in [0.3, 0.4) is 0 Å². The van der Waals surface area contributed by atoms with Crippen LogP contribution in [0, 0.1) is 0 Å². The fourth-order valence-corrected chi connectivity index (χ4v) is 8.19. The highest BCUT2D eigenvalue weighted by molar-refractivity contribution is 6.17. The van der Waals surface area contributed by atoms with Crippen molar-refractivity contribution in [1.29, 1.82) is 0 Å². The lowest BCUT2D eigenvalue weighted by atomic mass is 9.98. The summed E-state index contributed by atoms with van der Waals surface area (Å²) in [7, 11) is 0. The molecule has 0 aliphatic heterocycles. The van der Waals surface area contributed by atoms with E-state index in [4.69, 9.17) is 13.8 Å². The molecule has 0 saturated heterocycles. The molecule has 0 unspecified atom stereocenters. The molecule has 9 aromatic carbocycles. The molecule has 11 rings (SSSR count). The van der Waals surface area contributed by atoms with Crippen LogP contribution in [0.1, 0.15) is 0 Å². The zero-order valence-corrected chi connectivity index (χ0v) is 32.0. The topological polar surface area (TPSA) is 42.4 Å². The minimum Gasteiger partial charge on any atom is -0.456 e. The number of rotatable bonds is 8. The van der Waals surface area contributed by atoms with Crippen LogP contribution in [-0.2, 0) is 0 Å². The van der Waals surface area contributed by atoms with Crippen molar-refractivity contribution < 1.29 is 8.83 Å². The molecule has 278 valence electrons. The standard InChI is InChI=1S/C55H36N2O2/c1-4-12-37(13-5-1)39-20-22-42(23-21-39)47-18-10-11-19-49(47)57(45-29-24-40(25-30-45)38-14-6-2-7-15-38)46-31-26-41(27-32-46)44-28-33-48-52(36-44)58-50-34-35-51-54(53(48)50)56-55(59-51)43-16-8-3-9-17-43/h1-36H. The van der Waals surface area contributed by atoms with Crippen LogP contribution in [0.2, 0.25) is 0 Å². The van der Waals surface area contributed by atoms with Gasteiger partial charge in [-0.15, -0.1) is 0 Å². The van der Waals surface area contributed by atoms with E-state index in [0.29, 0.717) is 5.89 Å². The first-order chi connectivity index (χ1) is 29.2. The average molecular weight is 757 g/mol. The number of fused-ring (bicyclic) bond motifs is 5. The Morgan fingerprint density at radius 3 is 1.44 bits per heavy atom. The maximum Gasteiger partial charge on any atom is 0.227 e. The maximum absolute atomic E-state index is 6.45. The number of nitrogens with zero attached hydrogens (tertiary/aromatic N) is 2. The van der Waals surface area contributed by atoms with Crippen molar-refractivity contribution in [2.75, 3.05) is 4.90 Å². The molecule has 0 fully saturated rings. The quantitative estimate of drug-likeness (QED) is 0.155. The number of para-hydroxylation sites is 1. The van der Waals surface area contributed by atoms with Crippen molar-refractivity contribution in [3.05, 3.63) is 218 Å². The summed E-state index contributed by atoms with van der Waals surface area (Å²) in [5, 5.41) is 1.98. The van der Waals surface area contributed by atoms with Crippen LogP contribution in [0.4, 0.5) is 17.1 Å². The summed E-state index contributed by atoms with van der Waals surface area (Å²) in [5.41, 5.74) is 16.6. The highest BCUT2D eigenvalue weighted by Crippen LogP contribution is 2.43. The Morgan fingerprint density at radius 1 is 0.339 bits per heavy atom. The van der Waals surface area contributed by atoms with Gasteiger partial charge in [0, 0.05) is 27.9 Å². The summed E-state index contributed by atoms with van der Waals surface area (Å²) < 4.78 is 12.6. The first kappa shape index (κ1) is 34.3. The van der Waals surface area contributed by atoms with Crippen LogP contribution < -0.4 is 4.90 Å². The van der Waals surface area contributed by atoms with Crippen molar-refractivity contribution in [2.45, 2.75) is 0 Å². The zero-order valence-electron chi connectivity index (χ0n) is 32.0. The van der Waals surface area contributed by atoms with Crippen LogP contribution in [0.15, 0.2) is 227 Å². The molecule has 0 amide bonds. The van der Waals surface area contributed by atoms with Crippen LogP contribution in [0.5, 0.6) is 0 Å². The van der Waals surface area contributed by atoms with Crippen LogP contribution >= 0.6 is 0 Å². The molecule has 2 aromatic heterocycles. The minimum atomic E-state index is 0.601. The second kappa shape index (κ2) is 14.5. The zero-order chi connectivity index (χ0) is 39.1. The molecule has 0 saturated carbocycles. The van der Waals surface area contributed by atoms with Crippen LogP contribution in [-0.4, -0.2) is 4.98 Å². The van der Waals surface area contributed by atoms with E-state index in [9.17, 15) is 0 Å². The number of furan rings is 1. The van der Waals surface area contributed by atoms with Crippen molar-refractivity contribution in [3.8, 4) is 56.0 Å². The third kappa shape index (κ3) is 6.34. The molecule has 0 aliphatic rings. The molecule has 0 N–H and O–H groups in total. The molecule has 0 spiro atoms. The molecule has 59 heavy (non-hydrogen) atoms. The van der Waals surface area contributed by atoms with E-state index < -0.39 is 0 Å². The van der Waals surface area contributed by atoms with E-state index in [0.717, 1.165) is 77.9 Å². The Morgan fingerprint density at radius 2 is 0.814 bits per heavy atom. The van der Waals surface area contributed by atoms with Gasteiger partial charge in [0.1, 0.15) is 16.7 Å². The summed E-state index contributed by atoms with van der Waals surface area (Å²) in [5.74, 6) is 0.601. The number of hydrogen-bond donors (Lipinski definition) is 0. The lowest BCUT2D eigenvalue weighted by Gasteiger charge is -2.28. The molecule has 0 bridgehead atoms. The van der Waals surface area contributed by atoms with Gasteiger partial charge in [-0.05, 0) is 106 Å². The summed E-state index contributed by atoms with van der Waals surface area (Å²) >= 11 is 0. The average Bonchev–Trinajstić information content (AvgIpc) is 3.92. The largest absolute Gasteiger partial charge is 0.456 e. The molecular formula is C55H36N2O2. The van der Waals surface area contributed by atoms with Gasteiger partial charge in [-0.1, -0.05) is 152 Å². The summed E-state index contributed by atoms with van der Waals surface area (Å²) in [6.07, 6.45) is 0. The van der Waals surface area contributed by atoms with Gasteiger partial charge in [0.15, 0.2) is 5.58 Å². The van der Waals surface area contributed by atoms with Gasteiger partial charge >= 0.3 is 0 Å². The third-order valence-corrected chi connectivity index (χ3v) is 11.2. The van der Waals surface area contributed by atoms with E-state index in [1.54, 1.807) is 0 Å². The molecule has 4 nitrogen and oxygen atoms in total. The van der Waals surface area contributed by atoms with Crippen molar-refractivity contribution in [2.24, 2.45) is 0 Å². The van der Waals surface area contributed by atoms with Crippen molar-refractivity contribution >= 4 is 50.1 Å². The fourth-order valence-electron chi connectivity index (χ4n) is 8.19. The summed E-state index contributed by atoms with van der Waals surface area (Å²) in [6, 6.07) is 76.6. The summed E-state index contributed by atoms with van der Waals surface area (Å²) in [6.45, 7) is 0. The SMILES string of the molecule is c1ccc(-c2ccc(-c3ccccc3N(c3ccc(-c4ccccc4)cc3)c3ccc(-c4ccc5c(c4)oc4ccc6oc(-c7ccccc7)nc6c45)cc3)cc2)cc1. The van der Waals surface area contributed by atoms with Crippen LogP contribution in [0.25, 0.3) is 89.0 Å². The lowest BCUT2D eigenvalue weighted by molar-refractivity contribution is 0.619. The predicted octanol–water partition coefficient (Wildman–Crippen LogP) is 15.5. The van der Waals surface area contributed by atoms with E-state index in [1.165, 1.54) is 22.3 Å². The molecule has 0 atom stereocenters. The highest BCUT2D eigenvalue weighted by Gasteiger charge is 2.19. The Hall–Kier alpha value is -7.95. The summed E-state index contributed by atoms with van der Waals surface area (Å²) in [4.78, 5) is 7.28. The van der Waals surface area contributed by atoms with Gasteiger partial charge in [-0.2, -0.15) is 0 Å². The normalized spacial score (nSPS) is 11.4. The van der Waals surface area contributed by atoms with Crippen molar-refractivity contribution in [3.63, 3.8) is 0 Å². The Labute approximate surface area is 341 Å². The Balaban J connectivity index is 0.972. The molecule has 4 heteroatoms. The van der Waals surface area contributed by atoms with E-state index in [2.05, 4.69) is 181 Å². The highest BCUT2D eigenvalue weighted by atomic mass is 16.4. The first-order valence-corrected chi connectivity index (χ1v) is 19.9. The third-order valence-electron chi connectivity index (χ3n) is 11.2. The predicted molar refractivity (Wildman–Crippen MR) is 243 cm³/mol. The first-order valence-electron chi connectivity index (χ1n) is 19.9. The second-order valence-electron chi connectivity index (χ2n) is 14.7. The van der Waals surface area contributed by atoms with Gasteiger partial charge in [-0.3, -0.25) is 0 Å². The molecular weight excluding hydrogens is 721 g/mol. The number of aromatic nitrogens is 1. The van der Waals surface area contributed by atoms with E-state index in [1.807, 2.05) is 42.5 Å². The van der Waals surface area contributed by atoms with Gasteiger partial charge in [0.2, 0.25) is 5.89 Å². The van der Waals surface area contributed by atoms with Gasteiger partial charge in [0.25, 0.3) is 0 Å². The molecule has 2 heterocycles. The number of hydrogen-bond acceptors (Lipinski definition) is 4. The monoisotopic (exact) mass is 756 g/mol. The van der Waals surface area contributed by atoms with E-state index >= 15 is 0 Å². The lowest BCUT2D eigenvalue weighted by Crippen LogP contribution is -2.11. The minimum absolute atomic E-state index is 0.601. The molecule has 0 aliphatic carbocycles. The Bertz CT molecular complexity index is 3220. The number of oxazole rings is 1. The van der Waals surface area contributed by atoms with Gasteiger partial charge in [-0.25, -0.2) is 4.98 Å². The second-order valence-corrected chi connectivity index (χ2v) is 14.7.